The van der Waals surface area contributed by atoms with E-state index in [0.29, 0.717) is 39.9 Å². The molecular weight excluding hydrogens is 506 g/mol. The van der Waals surface area contributed by atoms with Crippen LogP contribution in [0.3, 0.4) is 0 Å². The maximum Gasteiger partial charge on any atom is 0.337 e. The third-order valence-electron chi connectivity index (χ3n) is 6.05. The fourth-order valence-electron chi connectivity index (χ4n) is 4.31. The molecule has 4 rings (SSSR count). The van der Waals surface area contributed by atoms with E-state index in [9.17, 15) is 14.9 Å². The number of thiocarbonyl (C=S) groups is 1. The number of esters is 1. The normalized spacial score (nSPS) is 15.1. The molecule has 10 heteroatoms. The maximum atomic E-state index is 13.1. The zero-order valence-electron chi connectivity index (χ0n) is 21.2. The summed E-state index contributed by atoms with van der Waals surface area (Å²) in [5.41, 5.74) is 2.04. The number of benzene rings is 3. The van der Waals surface area contributed by atoms with Crippen molar-refractivity contribution in [2.75, 3.05) is 19.1 Å². The minimum Gasteiger partial charge on any atom is -0.497 e. The third-order valence-corrected chi connectivity index (χ3v) is 6.35. The van der Waals surface area contributed by atoms with E-state index in [-0.39, 0.29) is 11.4 Å². The van der Waals surface area contributed by atoms with Crippen LogP contribution in [0.2, 0.25) is 0 Å². The summed E-state index contributed by atoms with van der Waals surface area (Å²) < 4.78 is 16.1. The molecule has 3 aromatic rings. The van der Waals surface area contributed by atoms with Gasteiger partial charge in [-0.3, -0.25) is 15.0 Å². The van der Waals surface area contributed by atoms with Gasteiger partial charge >= 0.3 is 11.7 Å². The van der Waals surface area contributed by atoms with Crippen LogP contribution in [0.25, 0.3) is 0 Å². The Kier molecular flexibility index (Phi) is 8.22. The Hall–Kier alpha value is -4.44. The average Bonchev–Trinajstić information content (AvgIpc) is 2.93. The summed E-state index contributed by atoms with van der Waals surface area (Å²) in [4.78, 5) is 26.5. The molecule has 9 nitrogen and oxygen atoms in total. The van der Waals surface area contributed by atoms with Crippen LogP contribution in [0.5, 0.6) is 17.2 Å². The van der Waals surface area contributed by atoms with Crippen LogP contribution >= 0.6 is 12.2 Å². The van der Waals surface area contributed by atoms with E-state index in [1.54, 1.807) is 37.4 Å². The minimum atomic E-state index is -0.759. The molecule has 1 atom stereocenters. The number of hydrogen-bond donors (Lipinski definition) is 1. The van der Waals surface area contributed by atoms with Crippen molar-refractivity contribution in [1.82, 2.24) is 5.32 Å². The number of ether oxygens (including phenoxy) is 3. The highest BCUT2D eigenvalue weighted by Crippen LogP contribution is 2.40. The minimum absolute atomic E-state index is 0.0607. The predicted octanol–water partition coefficient (Wildman–Crippen LogP) is 6.06. The van der Waals surface area contributed by atoms with Crippen molar-refractivity contribution < 1.29 is 23.9 Å². The Morgan fingerprint density at radius 2 is 1.74 bits per heavy atom. The fraction of sp³-hybridized carbons (Fsp3) is 0.214. The van der Waals surface area contributed by atoms with Crippen LogP contribution in [0.4, 0.5) is 11.4 Å². The molecule has 0 spiro atoms. The molecule has 0 aromatic heterocycles. The van der Waals surface area contributed by atoms with Crippen LogP contribution in [-0.2, 0) is 9.53 Å². The molecule has 0 aliphatic carbocycles. The van der Waals surface area contributed by atoms with Crippen molar-refractivity contribution >= 4 is 34.7 Å². The smallest absolute Gasteiger partial charge is 0.337 e. The molecule has 38 heavy (non-hydrogen) atoms. The standard InChI is InChI=1S/C28H27N3O6S/c1-4-8-22-25(27(32)36-3)26(29-28(38)30(22)19-9-6-5-7-10-19)18-11-16-24(23(17-18)31(33)34)37-21-14-12-20(35-2)13-15-21/h5-7,9-17,26H,4,8H2,1-3H3,(H,29,38). The van der Waals surface area contributed by atoms with Crippen molar-refractivity contribution in [1.29, 1.82) is 0 Å². The molecule has 0 fully saturated rings. The first-order valence-electron chi connectivity index (χ1n) is 11.9. The number of nitrogens with zero attached hydrogens (tertiary/aromatic N) is 2. The quantitative estimate of drug-likeness (QED) is 0.152. The van der Waals surface area contributed by atoms with Crippen LogP contribution in [0, 0.1) is 10.1 Å². The van der Waals surface area contributed by atoms with Crippen molar-refractivity contribution in [2.45, 2.75) is 25.8 Å². The number of carbonyl (C=O) groups excluding carboxylic acids is 1. The van der Waals surface area contributed by atoms with Crippen LogP contribution in [0.15, 0.2) is 84.1 Å². The molecule has 1 heterocycles. The van der Waals surface area contributed by atoms with Gasteiger partial charge in [0.05, 0.1) is 30.8 Å². The van der Waals surface area contributed by atoms with E-state index in [2.05, 4.69) is 5.32 Å². The van der Waals surface area contributed by atoms with Crippen molar-refractivity contribution in [2.24, 2.45) is 0 Å². The SMILES string of the molecule is CCCC1=C(C(=O)OC)C(c2ccc(Oc3ccc(OC)cc3)c([N+](=O)[O-])c2)NC(=S)N1c1ccccc1. The molecule has 0 radical (unpaired) electrons. The monoisotopic (exact) mass is 533 g/mol. The number of anilines is 1. The lowest BCUT2D eigenvalue weighted by Gasteiger charge is -2.38. The van der Waals surface area contributed by atoms with Gasteiger partial charge in [0, 0.05) is 17.5 Å². The molecular formula is C28H27N3O6S. The van der Waals surface area contributed by atoms with Crippen molar-refractivity contribution in [3.8, 4) is 17.2 Å². The van der Waals surface area contributed by atoms with Crippen LogP contribution in [-0.4, -0.2) is 30.2 Å². The Balaban J connectivity index is 1.80. The third kappa shape index (κ3) is 5.45. The van der Waals surface area contributed by atoms with E-state index in [1.165, 1.54) is 19.2 Å². The zero-order chi connectivity index (χ0) is 27.2. The molecule has 1 aliphatic heterocycles. The van der Waals surface area contributed by atoms with Crippen molar-refractivity contribution in [3.05, 3.63) is 99.7 Å². The summed E-state index contributed by atoms with van der Waals surface area (Å²) in [6.45, 7) is 2.00. The van der Waals surface area contributed by atoms with Gasteiger partial charge < -0.3 is 19.5 Å². The fourth-order valence-corrected chi connectivity index (χ4v) is 4.65. The van der Waals surface area contributed by atoms with Gasteiger partial charge in [-0.2, -0.15) is 0 Å². The predicted molar refractivity (Wildman–Crippen MR) is 148 cm³/mol. The van der Waals surface area contributed by atoms with Crippen LogP contribution in [0.1, 0.15) is 31.4 Å². The summed E-state index contributed by atoms with van der Waals surface area (Å²) in [5, 5.41) is 15.6. The van der Waals surface area contributed by atoms with E-state index >= 15 is 0 Å². The second-order valence-electron chi connectivity index (χ2n) is 8.42. The summed E-state index contributed by atoms with van der Waals surface area (Å²) in [7, 11) is 2.86. The van der Waals surface area contributed by atoms with Gasteiger partial charge in [-0.25, -0.2) is 4.79 Å². The topological polar surface area (TPSA) is 103 Å². The van der Waals surface area contributed by atoms with E-state index in [1.807, 2.05) is 42.2 Å². The second kappa shape index (κ2) is 11.7. The maximum absolute atomic E-state index is 13.1. The Morgan fingerprint density at radius 1 is 1.05 bits per heavy atom. The van der Waals surface area contributed by atoms with Gasteiger partial charge in [-0.15, -0.1) is 0 Å². The average molecular weight is 534 g/mol. The summed E-state index contributed by atoms with van der Waals surface area (Å²) in [6, 6.07) is 20.0. The molecule has 1 aliphatic rings. The number of rotatable bonds is 9. The Morgan fingerprint density at radius 3 is 2.34 bits per heavy atom. The lowest BCUT2D eigenvalue weighted by Crippen LogP contribution is -2.48. The molecule has 1 unspecified atom stereocenters. The first kappa shape index (κ1) is 26.6. The number of nitrogens with one attached hydrogen (secondary N) is 1. The summed E-state index contributed by atoms with van der Waals surface area (Å²) in [5.74, 6) is 0.565. The highest BCUT2D eigenvalue weighted by atomic mass is 32.1. The summed E-state index contributed by atoms with van der Waals surface area (Å²) >= 11 is 5.73. The second-order valence-corrected chi connectivity index (χ2v) is 8.80. The van der Waals surface area contributed by atoms with Gasteiger partial charge in [0.1, 0.15) is 11.5 Å². The van der Waals surface area contributed by atoms with E-state index in [0.717, 1.165) is 12.1 Å². The number of para-hydroxylation sites is 1. The summed E-state index contributed by atoms with van der Waals surface area (Å²) in [6.07, 6.45) is 1.28. The lowest BCUT2D eigenvalue weighted by molar-refractivity contribution is -0.385. The van der Waals surface area contributed by atoms with Gasteiger partial charge in [0.25, 0.3) is 0 Å². The lowest BCUT2D eigenvalue weighted by atomic mass is 9.92. The Bertz CT molecular complexity index is 1380. The Labute approximate surface area is 225 Å². The number of hydrogen-bond acceptors (Lipinski definition) is 7. The molecule has 0 saturated carbocycles. The van der Waals surface area contributed by atoms with E-state index in [4.69, 9.17) is 26.4 Å². The number of nitro groups is 1. The van der Waals surface area contributed by atoms with Crippen molar-refractivity contribution in [3.63, 3.8) is 0 Å². The van der Waals surface area contributed by atoms with Gasteiger partial charge in [-0.1, -0.05) is 37.6 Å². The molecule has 0 saturated heterocycles. The largest absolute Gasteiger partial charge is 0.497 e. The first-order valence-corrected chi connectivity index (χ1v) is 12.4. The zero-order valence-corrected chi connectivity index (χ0v) is 22.0. The van der Waals surface area contributed by atoms with Gasteiger partial charge in [0.15, 0.2) is 5.11 Å². The van der Waals surface area contributed by atoms with Gasteiger partial charge in [-0.05, 0) is 66.7 Å². The molecule has 0 bridgehead atoms. The molecule has 3 aromatic carbocycles. The molecule has 196 valence electrons. The molecule has 1 N–H and O–H groups in total. The van der Waals surface area contributed by atoms with E-state index < -0.39 is 16.9 Å². The highest BCUT2D eigenvalue weighted by molar-refractivity contribution is 7.80. The van der Waals surface area contributed by atoms with Gasteiger partial charge in [0.2, 0.25) is 5.75 Å². The number of carbonyl (C=O) groups is 1. The molecule has 0 amide bonds. The highest BCUT2D eigenvalue weighted by Gasteiger charge is 2.37. The number of methoxy groups -OCH3 is 2. The number of nitro benzene ring substituents is 1. The number of allylic oxidation sites excluding steroid dienone is 1. The van der Waals surface area contributed by atoms with Crippen LogP contribution < -0.4 is 19.7 Å². The first-order chi connectivity index (χ1) is 18.4.